The normalized spacial score (nSPS) is 11.4. The van der Waals surface area contributed by atoms with Crippen molar-refractivity contribution in [1.82, 2.24) is 0 Å². The Hall–Kier alpha value is -2.87. The average Bonchev–Trinajstić information content (AvgIpc) is 2.72. The zero-order chi connectivity index (χ0) is 18.2. The number of hydrogen-bond donors (Lipinski definition) is 0. The van der Waals surface area contributed by atoms with Gasteiger partial charge in [0.2, 0.25) is 0 Å². The van der Waals surface area contributed by atoms with Crippen molar-refractivity contribution in [1.29, 1.82) is 0 Å². The van der Waals surface area contributed by atoms with E-state index in [-0.39, 0.29) is 0 Å². The Labute approximate surface area is 156 Å². The molecule has 0 radical (unpaired) electrons. The van der Waals surface area contributed by atoms with Crippen LogP contribution >= 0.6 is 0 Å². The summed E-state index contributed by atoms with van der Waals surface area (Å²) in [6, 6.07) is 27.7. The molecule has 26 heavy (non-hydrogen) atoms. The minimum Gasteiger partial charge on any atom is -0.399 e. The molecule has 0 unspecified atom stereocenters. The van der Waals surface area contributed by atoms with E-state index in [0.717, 1.165) is 30.5 Å². The molecule has 0 heterocycles. The quantitative estimate of drug-likeness (QED) is 0.351. The van der Waals surface area contributed by atoms with E-state index in [4.69, 9.17) is 4.84 Å². The molecule has 0 aliphatic heterocycles. The first-order valence-electron chi connectivity index (χ1n) is 9.18. The van der Waals surface area contributed by atoms with E-state index < -0.39 is 0 Å². The Balaban J connectivity index is 1.79. The molecule has 3 aromatic rings. The third kappa shape index (κ3) is 4.40. The number of benzene rings is 3. The van der Waals surface area contributed by atoms with Crippen LogP contribution in [0.5, 0.6) is 0 Å². The van der Waals surface area contributed by atoms with E-state index in [1.165, 1.54) is 22.3 Å². The van der Waals surface area contributed by atoms with Crippen LogP contribution in [-0.4, -0.2) is 12.8 Å². The van der Waals surface area contributed by atoms with Crippen molar-refractivity contribution in [3.05, 3.63) is 84.4 Å². The van der Waals surface area contributed by atoms with Gasteiger partial charge in [0, 0.05) is 0 Å². The highest BCUT2D eigenvalue weighted by Gasteiger charge is 2.06. The van der Waals surface area contributed by atoms with Gasteiger partial charge in [-0.05, 0) is 40.7 Å². The molecule has 0 atom stereocenters. The standard InChI is InChI=1S/C24H25NO/c1-3-4-10-24(25-26-2)23-17-15-22(16-18-23)21-13-11-20(12-14-21)19-8-6-5-7-9-19/h5-9,11-18H,3-4,10H2,1-2H3. The molecule has 132 valence electrons. The molecule has 0 fully saturated rings. The first kappa shape index (κ1) is 17.9. The largest absolute Gasteiger partial charge is 0.399 e. The molecule has 2 heteroatoms. The number of rotatable bonds is 7. The van der Waals surface area contributed by atoms with Gasteiger partial charge in [-0.1, -0.05) is 97.4 Å². The minimum atomic E-state index is 0.940. The van der Waals surface area contributed by atoms with Gasteiger partial charge in [-0.25, -0.2) is 0 Å². The molecule has 0 bridgehead atoms. The summed E-state index contributed by atoms with van der Waals surface area (Å²) >= 11 is 0. The minimum absolute atomic E-state index is 0.940. The molecule has 0 spiro atoms. The Kier molecular flexibility index (Phi) is 6.21. The molecule has 0 aliphatic rings. The van der Waals surface area contributed by atoms with E-state index >= 15 is 0 Å². The summed E-state index contributed by atoms with van der Waals surface area (Å²) < 4.78 is 0. The Bertz CT molecular complexity index is 834. The van der Waals surface area contributed by atoms with E-state index in [1.54, 1.807) is 7.11 Å². The third-order valence-corrected chi connectivity index (χ3v) is 4.51. The molecule has 3 aromatic carbocycles. The van der Waals surface area contributed by atoms with Gasteiger partial charge in [0.1, 0.15) is 7.11 Å². The summed E-state index contributed by atoms with van der Waals surface area (Å²) in [5.41, 5.74) is 7.05. The van der Waals surface area contributed by atoms with Crippen molar-refractivity contribution in [3.63, 3.8) is 0 Å². The highest BCUT2D eigenvalue weighted by Crippen LogP contribution is 2.25. The first-order chi connectivity index (χ1) is 12.8. The SMILES string of the molecule is CCCCC(=NOC)c1ccc(-c2ccc(-c3ccccc3)cc2)cc1. The summed E-state index contributed by atoms with van der Waals surface area (Å²) in [4.78, 5) is 5.01. The number of unbranched alkanes of at least 4 members (excludes halogenated alkanes) is 1. The fourth-order valence-corrected chi connectivity index (χ4v) is 3.04. The molecule has 0 aromatic heterocycles. The van der Waals surface area contributed by atoms with Crippen molar-refractivity contribution in [2.24, 2.45) is 5.16 Å². The van der Waals surface area contributed by atoms with Crippen LogP contribution in [0, 0.1) is 0 Å². The monoisotopic (exact) mass is 343 g/mol. The van der Waals surface area contributed by atoms with Crippen LogP contribution in [0.3, 0.4) is 0 Å². The second-order valence-corrected chi connectivity index (χ2v) is 6.34. The highest BCUT2D eigenvalue weighted by atomic mass is 16.6. The van der Waals surface area contributed by atoms with Crippen LogP contribution in [0.1, 0.15) is 31.7 Å². The van der Waals surface area contributed by atoms with Crippen LogP contribution in [-0.2, 0) is 4.84 Å². The lowest BCUT2D eigenvalue weighted by Gasteiger charge is -2.08. The Morgan fingerprint density at radius 1 is 0.731 bits per heavy atom. The van der Waals surface area contributed by atoms with E-state index in [1.807, 2.05) is 6.07 Å². The zero-order valence-electron chi connectivity index (χ0n) is 15.5. The molecule has 0 aliphatic carbocycles. The van der Waals surface area contributed by atoms with E-state index in [2.05, 4.69) is 84.9 Å². The van der Waals surface area contributed by atoms with Gasteiger partial charge < -0.3 is 4.84 Å². The van der Waals surface area contributed by atoms with Gasteiger partial charge in [-0.3, -0.25) is 0 Å². The summed E-state index contributed by atoms with van der Waals surface area (Å²) in [6.45, 7) is 2.19. The lowest BCUT2D eigenvalue weighted by Crippen LogP contribution is -2.01. The Morgan fingerprint density at radius 3 is 1.73 bits per heavy atom. The molecule has 2 nitrogen and oxygen atoms in total. The predicted molar refractivity (Wildman–Crippen MR) is 110 cm³/mol. The third-order valence-electron chi connectivity index (χ3n) is 4.51. The maximum absolute atomic E-state index is 5.01. The molecule has 0 saturated heterocycles. The van der Waals surface area contributed by atoms with Crippen LogP contribution in [0.25, 0.3) is 22.3 Å². The maximum Gasteiger partial charge on any atom is 0.106 e. The Morgan fingerprint density at radius 2 is 1.23 bits per heavy atom. The lowest BCUT2D eigenvalue weighted by atomic mass is 9.98. The van der Waals surface area contributed by atoms with E-state index in [9.17, 15) is 0 Å². The van der Waals surface area contributed by atoms with Crippen molar-refractivity contribution in [2.75, 3.05) is 7.11 Å². The number of hydrogen-bond acceptors (Lipinski definition) is 2. The average molecular weight is 343 g/mol. The molecular weight excluding hydrogens is 318 g/mol. The van der Waals surface area contributed by atoms with Gasteiger partial charge in [-0.15, -0.1) is 0 Å². The smallest absolute Gasteiger partial charge is 0.106 e. The first-order valence-corrected chi connectivity index (χ1v) is 9.18. The lowest BCUT2D eigenvalue weighted by molar-refractivity contribution is 0.212. The molecule has 3 rings (SSSR count). The summed E-state index contributed by atoms with van der Waals surface area (Å²) in [6.07, 6.45) is 3.20. The topological polar surface area (TPSA) is 21.6 Å². The second-order valence-electron chi connectivity index (χ2n) is 6.34. The zero-order valence-corrected chi connectivity index (χ0v) is 15.5. The van der Waals surface area contributed by atoms with Crippen molar-refractivity contribution >= 4 is 5.71 Å². The van der Waals surface area contributed by atoms with Gasteiger partial charge in [0.05, 0.1) is 5.71 Å². The molecular formula is C24H25NO. The van der Waals surface area contributed by atoms with Gasteiger partial charge in [-0.2, -0.15) is 0 Å². The summed E-state index contributed by atoms with van der Waals surface area (Å²) in [5, 5.41) is 4.20. The van der Waals surface area contributed by atoms with E-state index in [0.29, 0.717) is 0 Å². The molecule has 0 amide bonds. The van der Waals surface area contributed by atoms with Crippen molar-refractivity contribution in [3.8, 4) is 22.3 Å². The number of oxime groups is 1. The fourth-order valence-electron chi connectivity index (χ4n) is 3.04. The van der Waals surface area contributed by atoms with Gasteiger partial charge in [0.15, 0.2) is 0 Å². The van der Waals surface area contributed by atoms with Gasteiger partial charge >= 0.3 is 0 Å². The summed E-state index contributed by atoms with van der Waals surface area (Å²) in [7, 11) is 1.61. The molecule has 0 N–H and O–H groups in total. The van der Waals surface area contributed by atoms with Crippen molar-refractivity contribution < 1.29 is 4.84 Å². The predicted octanol–water partition coefficient (Wildman–Crippen LogP) is 6.56. The fraction of sp³-hybridized carbons (Fsp3) is 0.208. The van der Waals surface area contributed by atoms with Crippen LogP contribution in [0.2, 0.25) is 0 Å². The second kappa shape index (κ2) is 9.00. The van der Waals surface area contributed by atoms with Crippen LogP contribution < -0.4 is 0 Å². The number of nitrogens with zero attached hydrogens (tertiary/aromatic N) is 1. The van der Waals surface area contributed by atoms with Crippen LogP contribution in [0.4, 0.5) is 0 Å². The van der Waals surface area contributed by atoms with Gasteiger partial charge in [0.25, 0.3) is 0 Å². The molecule has 0 saturated carbocycles. The summed E-state index contributed by atoms with van der Waals surface area (Å²) in [5.74, 6) is 0. The maximum atomic E-state index is 5.01. The van der Waals surface area contributed by atoms with Crippen LogP contribution in [0.15, 0.2) is 84.0 Å². The van der Waals surface area contributed by atoms with Crippen molar-refractivity contribution in [2.45, 2.75) is 26.2 Å². The highest BCUT2D eigenvalue weighted by molar-refractivity contribution is 6.00.